The molecule has 0 saturated heterocycles. The van der Waals surface area contributed by atoms with Crippen LogP contribution in [0.15, 0.2) is 18.2 Å². The van der Waals surface area contributed by atoms with Crippen molar-refractivity contribution in [3.63, 3.8) is 0 Å². The van der Waals surface area contributed by atoms with Crippen molar-refractivity contribution in [1.29, 1.82) is 0 Å². The number of rotatable bonds is 2. The minimum Gasteiger partial charge on any atom is -0.478 e. The number of carboxylic acid groups (broad SMARTS) is 1. The number of aryl methyl sites for hydroxylation is 1. The Morgan fingerprint density at radius 1 is 1.00 bits per heavy atom. The number of carbonyl (C=O) groups is 1. The van der Waals surface area contributed by atoms with E-state index in [1.807, 2.05) is 13.0 Å². The van der Waals surface area contributed by atoms with Gasteiger partial charge < -0.3 is 5.11 Å². The third kappa shape index (κ3) is 1.88. The SMILES string of the molecule is Cc1cc(C(=O)O)cc(C2C3CC4CC(C3)CC2C4)c1. The Bertz CT molecular complexity index is 533. The molecule has 4 fully saturated rings. The van der Waals surface area contributed by atoms with Crippen molar-refractivity contribution >= 4 is 5.97 Å². The van der Waals surface area contributed by atoms with Gasteiger partial charge in [-0.15, -0.1) is 0 Å². The molecule has 0 aromatic heterocycles. The van der Waals surface area contributed by atoms with Crippen molar-refractivity contribution in [1.82, 2.24) is 0 Å². The fraction of sp³-hybridized carbons (Fsp3) is 0.611. The molecule has 0 heterocycles. The normalized spacial score (nSPS) is 38.1. The number of hydrogen-bond acceptors (Lipinski definition) is 1. The Balaban J connectivity index is 1.72. The van der Waals surface area contributed by atoms with E-state index in [2.05, 4.69) is 6.07 Å². The van der Waals surface area contributed by atoms with E-state index < -0.39 is 5.97 Å². The minimum atomic E-state index is -0.793. The van der Waals surface area contributed by atoms with Crippen molar-refractivity contribution in [2.24, 2.45) is 23.7 Å². The van der Waals surface area contributed by atoms with Gasteiger partial charge in [0.25, 0.3) is 0 Å². The molecule has 4 bridgehead atoms. The van der Waals surface area contributed by atoms with E-state index in [-0.39, 0.29) is 0 Å². The zero-order valence-corrected chi connectivity index (χ0v) is 12.0. The van der Waals surface area contributed by atoms with Crippen molar-refractivity contribution in [2.75, 3.05) is 0 Å². The Kier molecular flexibility index (Phi) is 2.70. The first-order chi connectivity index (χ1) is 9.60. The van der Waals surface area contributed by atoms with Gasteiger partial charge in [0.15, 0.2) is 0 Å². The molecular weight excluding hydrogens is 248 g/mol. The second kappa shape index (κ2) is 4.34. The van der Waals surface area contributed by atoms with Crippen LogP contribution in [0.3, 0.4) is 0 Å². The summed E-state index contributed by atoms with van der Waals surface area (Å²) in [6.07, 6.45) is 7.00. The van der Waals surface area contributed by atoms with Crippen molar-refractivity contribution < 1.29 is 9.90 Å². The van der Waals surface area contributed by atoms with Gasteiger partial charge in [-0.2, -0.15) is 0 Å². The van der Waals surface area contributed by atoms with Crippen LogP contribution in [0.4, 0.5) is 0 Å². The molecule has 0 radical (unpaired) electrons. The summed E-state index contributed by atoms with van der Waals surface area (Å²) in [4.78, 5) is 11.3. The van der Waals surface area contributed by atoms with E-state index in [9.17, 15) is 9.90 Å². The van der Waals surface area contributed by atoms with Gasteiger partial charge in [-0.1, -0.05) is 6.07 Å². The van der Waals surface area contributed by atoms with Gasteiger partial charge in [0.2, 0.25) is 0 Å². The lowest BCUT2D eigenvalue weighted by molar-refractivity contribution is -0.00283. The minimum absolute atomic E-state index is 0.466. The van der Waals surface area contributed by atoms with Gasteiger partial charge in [0.1, 0.15) is 0 Å². The average Bonchev–Trinajstić information content (AvgIpc) is 2.36. The molecule has 1 aromatic carbocycles. The quantitative estimate of drug-likeness (QED) is 0.873. The van der Waals surface area contributed by atoms with Crippen LogP contribution in [-0.4, -0.2) is 11.1 Å². The van der Waals surface area contributed by atoms with Crippen LogP contribution in [0.2, 0.25) is 0 Å². The van der Waals surface area contributed by atoms with Crippen LogP contribution in [0.5, 0.6) is 0 Å². The summed E-state index contributed by atoms with van der Waals surface area (Å²) >= 11 is 0. The topological polar surface area (TPSA) is 37.3 Å². The van der Waals surface area contributed by atoms with Gasteiger partial charge in [-0.25, -0.2) is 4.79 Å². The number of carboxylic acids is 1. The Hall–Kier alpha value is -1.31. The maximum atomic E-state index is 11.3. The monoisotopic (exact) mass is 270 g/mol. The zero-order chi connectivity index (χ0) is 13.9. The summed E-state index contributed by atoms with van der Waals surface area (Å²) in [5.41, 5.74) is 2.86. The molecule has 4 aliphatic carbocycles. The third-order valence-corrected chi connectivity index (χ3v) is 5.96. The predicted molar refractivity (Wildman–Crippen MR) is 77.9 cm³/mol. The lowest BCUT2D eigenvalue weighted by Gasteiger charge is -2.54. The number of benzene rings is 1. The highest BCUT2D eigenvalue weighted by Crippen LogP contribution is 2.59. The summed E-state index contributed by atoms with van der Waals surface area (Å²) in [6.45, 7) is 2.02. The Labute approximate surface area is 120 Å². The Morgan fingerprint density at radius 2 is 1.60 bits per heavy atom. The molecular formula is C18H22O2. The zero-order valence-electron chi connectivity index (χ0n) is 12.0. The van der Waals surface area contributed by atoms with E-state index in [1.165, 1.54) is 37.7 Å². The second-order valence-corrected chi connectivity index (χ2v) is 7.39. The van der Waals surface area contributed by atoms with Crippen LogP contribution in [-0.2, 0) is 0 Å². The molecule has 106 valence electrons. The first kappa shape index (κ1) is 12.4. The fourth-order valence-corrected chi connectivity index (χ4v) is 5.60. The molecule has 1 N–H and O–H groups in total. The largest absolute Gasteiger partial charge is 0.478 e. The van der Waals surface area contributed by atoms with E-state index in [4.69, 9.17) is 0 Å². The van der Waals surface area contributed by atoms with Crippen molar-refractivity contribution in [3.8, 4) is 0 Å². The maximum Gasteiger partial charge on any atom is 0.335 e. The smallest absolute Gasteiger partial charge is 0.335 e. The molecule has 0 amide bonds. The summed E-state index contributed by atoms with van der Waals surface area (Å²) in [5, 5.41) is 9.28. The predicted octanol–water partition coefficient (Wildman–Crippen LogP) is 4.23. The Morgan fingerprint density at radius 3 is 2.15 bits per heavy atom. The molecule has 0 unspecified atom stereocenters. The van der Waals surface area contributed by atoms with E-state index in [0.717, 1.165) is 29.2 Å². The number of hydrogen-bond donors (Lipinski definition) is 1. The highest BCUT2D eigenvalue weighted by atomic mass is 16.4. The van der Waals surface area contributed by atoms with Gasteiger partial charge >= 0.3 is 5.97 Å². The molecule has 0 spiro atoms. The lowest BCUT2D eigenvalue weighted by atomic mass is 9.50. The summed E-state index contributed by atoms with van der Waals surface area (Å²) < 4.78 is 0. The van der Waals surface area contributed by atoms with E-state index in [1.54, 1.807) is 6.07 Å². The molecule has 2 heteroatoms. The van der Waals surface area contributed by atoms with Crippen LogP contribution < -0.4 is 0 Å². The van der Waals surface area contributed by atoms with Gasteiger partial charge in [0.05, 0.1) is 5.56 Å². The number of aromatic carboxylic acids is 1. The second-order valence-electron chi connectivity index (χ2n) is 7.39. The van der Waals surface area contributed by atoms with Crippen LogP contribution in [0, 0.1) is 30.6 Å². The molecule has 4 saturated carbocycles. The standard InChI is InChI=1S/C18H22O2/c1-10-2-13(9-16(3-10)18(19)20)17-14-5-11-4-12(7-14)8-15(17)6-11/h2-3,9,11-12,14-15,17H,4-8H2,1H3,(H,19,20). The molecule has 5 rings (SSSR count). The maximum absolute atomic E-state index is 11.3. The highest BCUT2D eigenvalue weighted by molar-refractivity contribution is 5.88. The van der Waals surface area contributed by atoms with Crippen LogP contribution >= 0.6 is 0 Å². The van der Waals surface area contributed by atoms with E-state index in [0.29, 0.717) is 11.5 Å². The molecule has 0 atom stereocenters. The van der Waals surface area contributed by atoms with Crippen molar-refractivity contribution in [3.05, 3.63) is 34.9 Å². The molecule has 2 nitrogen and oxygen atoms in total. The van der Waals surface area contributed by atoms with Gasteiger partial charge in [0, 0.05) is 0 Å². The third-order valence-electron chi connectivity index (χ3n) is 5.96. The summed E-state index contributed by atoms with van der Waals surface area (Å²) in [6, 6.07) is 5.98. The highest BCUT2D eigenvalue weighted by Gasteiger charge is 2.48. The van der Waals surface area contributed by atoms with Gasteiger partial charge in [-0.3, -0.25) is 0 Å². The fourth-order valence-electron chi connectivity index (χ4n) is 5.60. The molecule has 1 aromatic rings. The molecule has 20 heavy (non-hydrogen) atoms. The molecule has 4 aliphatic rings. The van der Waals surface area contributed by atoms with Crippen molar-refractivity contribution in [2.45, 2.75) is 44.9 Å². The van der Waals surface area contributed by atoms with Gasteiger partial charge in [-0.05, 0) is 91.9 Å². The first-order valence-electron chi connectivity index (χ1n) is 7.95. The summed E-state index contributed by atoms with van der Waals surface area (Å²) in [5.74, 6) is 3.40. The average molecular weight is 270 g/mol. The lowest BCUT2D eigenvalue weighted by Crippen LogP contribution is -2.43. The summed E-state index contributed by atoms with van der Waals surface area (Å²) in [7, 11) is 0. The van der Waals surface area contributed by atoms with Crippen LogP contribution in [0.1, 0.15) is 59.5 Å². The first-order valence-corrected chi connectivity index (χ1v) is 7.95. The van der Waals surface area contributed by atoms with Crippen LogP contribution in [0.25, 0.3) is 0 Å². The van der Waals surface area contributed by atoms with E-state index >= 15 is 0 Å². The molecule has 0 aliphatic heterocycles.